The van der Waals surface area contributed by atoms with E-state index >= 15 is 0 Å². The first kappa shape index (κ1) is 16.9. The summed E-state index contributed by atoms with van der Waals surface area (Å²) in [5.41, 5.74) is 7.33. The summed E-state index contributed by atoms with van der Waals surface area (Å²) in [6.45, 7) is 4.41. The maximum absolute atomic E-state index is 3.60. The van der Waals surface area contributed by atoms with Crippen LogP contribution in [0.25, 0.3) is 54.8 Å². The van der Waals surface area contributed by atoms with E-state index in [1.165, 1.54) is 49.1 Å². The summed E-state index contributed by atoms with van der Waals surface area (Å²) in [6.07, 6.45) is 3.60. The number of rotatable bonds is 2. The summed E-state index contributed by atoms with van der Waals surface area (Å²) in [5, 5.41) is 5.24. The van der Waals surface area contributed by atoms with Crippen LogP contribution in [0, 0.1) is 6.33 Å². The van der Waals surface area contributed by atoms with E-state index in [2.05, 4.69) is 119 Å². The van der Waals surface area contributed by atoms with E-state index in [0.717, 1.165) is 5.69 Å². The van der Waals surface area contributed by atoms with Gasteiger partial charge in [0.05, 0.1) is 33.8 Å². The summed E-state index contributed by atoms with van der Waals surface area (Å²) < 4.78 is 6.85. The first-order chi connectivity index (χ1) is 15.2. The maximum atomic E-state index is 3.60. The highest BCUT2D eigenvalue weighted by Gasteiger charge is 2.18. The largest absolute Gasteiger partial charge is 0.319 e. The van der Waals surface area contributed by atoms with Crippen LogP contribution in [-0.2, 0) is 0 Å². The summed E-state index contributed by atoms with van der Waals surface area (Å²) in [5.74, 6) is 0. The average molecular weight is 399 g/mol. The second-order valence-electron chi connectivity index (χ2n) is 8.64. The molecule has 3 nitrogen and oxygen atoms in total. The molecule has 0 aliphatic heterocycles. The van der Waals surface area contributed by atoms with Gasteiger partial charge in [0, 0.05) is 27.1 Å². The quantitative estimate of drug-likeness (QED) is 0.234. The van der Waals surface area contributed by atoms with Crippen LogP contribution in [0.5, 0.6) is 0 Å². The van der Waals surface area contributed by atoms with E-state index in [0.29, 0.717) is 6.04 Å². The van der Waals surface area contributed by atoms with E-state index < -0.39 is 0 Å². The van der Waals surface area contributed by atoms with Crippen LogP contribution < -0.4 is 4.57 Å². The van der Waals surface area contributed by atoms with Gasteiger partial charge >= 0.3 is 0 Å². The Labute approximate surface area is 179 Å². The molecule has 3 aromatic heterocycles. The second-order valence-corrected chi connectivity index (χ2v) is 8.64. The lowest BCUT2D eigenvalue weighted by Gasteiger charge is -2.06. The third-order valence-electron chi connectivity index (χ3n) is 6.57. The lowest BCUT2D eigenvalue weighted by molar-refractivity contribution is -0.695. The average Bonchev–Trinajstić information content (AvgIpc) is 3.46. The Morgan fingerprint density at radius 1 is 0.677 bits per heavy atom. The van der Waals surface area contributed by atoms with Crippen molar-refractivity contribution in [3.05, 3.63) is 91.3 Å². The van der Waals surface area contributed by atoms with Crippen molar-refractivity contribution in [1.29, 1.82) is 0 Å². The molecule has 0 saturated carbocycles. The van der Waals surface area contributed by atoms with E-state index in [4.69, 9.17) is 0 Å². The highest BCUT2D eigenvalue weighted by atomic mass is 15.1. The Bertz CT molecular complexity index is 1760. The number of hydrogen-bond donors (Lipinski definition) is 0. The fourth-order valence-corrected chi connectivity index (χ4v) is 5.22. The van der Waals surface area contributed by atoms with Crippen molar-refractivity contribution in [1.82, 2.24) is 8.97 Å². The van der Waals surface area contributed by atoms with Gasteiger partial charge in [0.2, 0.25) is 6.33 Å². The fraction of sp³-hybridized carbons (Fsp3) is 0.107. The molecule has 0 radical (unpaired) electrons. The van der Waals surface area contributed by atoms with Crippen molar-refractivity contribution in [2.75, 3.05) is 0 Å². The van der Waals surface area contributed by atoms with Crippen molar-refractivity contribution in [3.63, 3.8) is 0 Å². The molecule has 3 heteroatoms. The molecular weight excluding hydrogens is 378 g/mol. The number of para-hydroxylation sites is 4. The summed E-state index contributed by atoms with van der Waals surface area (Å²) in [4.78, 5) is 0. The molecule has 3 heterocycles. The molecule has 0 aliphatic carbocycles. The molecule has 0 saturated heterocycles. The lowest BCUT2D eigenvalue weighted by atomic mass is 10.1. The van der Waals surface area contributed by atoms with Crippen LogP contribution in [0.1, 0.15) is 19.9 Å². The predicted octanol–water partition coefficient (Wildman–Crippen LogP) is 6.45. The molecule has 0 spiro atoms. The molecule has 0 bridgehead atoms. The number of aromatic nitrogens is 3. The van der Waals surface area contributed by atoms with Crippen LogP contribution in [0.3, 0.4) is 0 Å². The Morgan fingerprint density at radius 2 is 1.35 bits per heavy atom. The monoisotopic (exact) mass is 399 g/mol. The SMILES string of the molecule is CC(C)[n+]1[c-]n(-c2ccc3c4cccc5c6ccccc6n(c3c2)c54)c2ccccc21. The van der Waals surface area contributed by atoms with Crippen molar-refractivity contribution in [2.45, 2.75) is 19.9 Å². The van der Waals surface area contributed by atoms with Gasteiger partial charge in [-0.3, -0.25) is 0 Å². The van der Waals surface area contributed by atoms with Gasteiger partial charge in [-0.25, -0.2) is 0 Å². The van der Waals surface area contributed by atoms with Gasteiger partial charge in [0.1, 0.15) is 0 Å². The molecule has 4 aromatic carbocycles. The van der Waals surface area contributed by atoms with Gasteiger partial charge in [0.25, 0.3) is 0 Å². The summed E-state index contributed by atoms with van der Waals surface area (Å²) >= 11 is 0. The fourth-order valence-electron chi connectivity index (χ4n) is 5.22. The third kappa shape index (κ3) is 2.10. The topological polar surface area (TPSA) is 13.2 Å². The van der Waals surface area contributed by atoms with Crippen LogP contribution in [0.4, 0.5) is 0 Å². The first-order valence-electron chi connectivity index (χ1n) is 10.8. The normalized spacial score (nSPS) is 12.5. The van der Waals surface area contributed by atoms with Crippen LogP contribution in [-0.4, -0.2) is 8.97 Å². The minimum Gasteiger partial charge on any atom is -0.319 e. The van der Waals surface area contributed by atoms with Crippen LogP contribution in [0.15, 0.2) is 84.9 Å². The highest BCUT2D eigenvalue weighted by Crippen LogP contribution is 2.39. The number of hydrogen-bond acceptors (Lipinski definition) is 0. The summed E-state index contributed by atoms with van der Waals surface area (Å²) in [7, 11) is 0. The van der Waals surface area contributed by atoms with E-state index in [1.54, 1.807) is 0 Å². The van der Waals surface area contributed by atoms with Crippen molar-refractivity contribution in [2.24, 2.45) is 0 Å². The Hall–Kier alpha value is -3.85. The van der Waals surface area contributed by atoms with E-state index in [-0.39, 0.29) is 0 Å². The molecule has 31 heavy (non-hydrogen) atoms. The zero-order chi connectivity index (χ0) is 20.7. The number of imidazole rings is 1. The van der Waals surface area contributed by atoms with Gasteiger partial charge in [-0.15, -0.1) is 0 Å². The molecule has 0 unspecified atom stereocenters. The minimum atomic E-state index is 0.345. The molecule has 0 amide bonds. The Morgan fingerprint density at radius 3 is 2.16 bits per heavy atom. The smallest absolute Gasteiger partial charge is 0.244 e. The molecule has 0 N–H and O–H groups in total. The molecular formula is C28H21N3. The maximum Gasteiger partial charge on any atom is 0.244 e. The number of nitrogens with zero attached hydrogens (tertiary/aromatic N) is 3. The molecule has 148 valence electrons. The van der Waals surface area contributed by atoms with Gasteiger partial charge in [0.15, 0.2) is 0 Å². The zero-order valence-electron chi connectivity index (χ0n) is 17.5. The van der Waals surface area contributed by atoms with Gasteiger partial charge in [-0.1, -0.05) is 72.8 Å². The molecule has 0 fully saturated rings. The molecule has 0 atom stereocenters. The molecule has 7 aromatic rings. The van der Waals surface area contributed by atoms with Gasteiger partial charge < -0.3 is 13.5 Å². The van der Waals surface area contributed by atoms with Crippen molar-refractivity contribution >= 4 is 49.1 Å². The number of benzene rings is 4. The zero-order valence-corrected chi connectivity index (χ0v) is 17.5. The Kier molecular flexibility index (Phi) is 3.19. The molecule has 0 aliphatic rings. The molecule has 7 rings (SSSR count). The highest BCUT2D eigenvalue weighted by molar-refractivity contribution is 6.23. The van der Waals surface area contributed by atoms with Crippen LogP contribution >= 0.6 is 0 Å². The van der Waals surface area contributed by atoms with Crippen molar-refractivity contribution < 1.29 is 4.57 Å². The second kappa shape index (κ2) is 5.86. The predicted molar refractivity (Wildman–Crippen MR) is 127 cm³/mol. The van der Waals surface area contributed by atoms with Crippen molar-refractivity contribution in [3.8, 4) is 5.69 Å². The minimum absolute atomic E-state index is 0.345. The standard InChI is InChI=1S/C28H21N3/c1-18(2)29-17-30(26-13-6-5-12-25(26)29)19-14-15-21-23-10-7-9-22-20-8-3-4-11-24(20)31(28(22)23)27(21)16-19/h3-16,18H,1-2H3. The Balaban J connectivity index is 1.62. The van der Waals surface area contributed by atoms with E-state index in [9.17, 15) is 0 Å². The number of fused-ring (bicyclic) bond motifs is 7. The summed E-state index contributed by atoms with van der Waals surface area (Å²) in [6, 6.07) is 31.1. The van der Waals surface area contributed by atoms with Gasteiger partial charge in [-0.2, -0.15) is 0 Å². The first-order valence-corrected chi connectivity index (χ1v) is 10.8. The lowest BCUT2D eigenvalue weighted by Crippen LogP contribution is -2.35. The van der Waals surface area contributed by atoms with Crippen LogP contribution in [0.2, 0.25) is 0 Å². The van der Waals surface area contributed by atoms with Gasteiger partial charge in [-0.05, 0) is 26.0 Å². The third-order valence-corrected chi connectivity index (χ3v) is 6.57. The van der Waals surface area contributed by atoms with E-state index in [1.807, 2.05) is 0 Å².